The predicted molar refractivity (Wildman–Crippen MR) is 152 cm³/mol. The number of nitrogens with zero attached hydrogens (tertiary/aromatic N) is 2. The van der Waals surface area contributed by atoms with Crippen LogP contribution in [0.4, 0.5) is 5.69 Å². The zero-order valence-electron chi connectivity index (χ0n) is 21.7. The van der Waals surface area contributed by atoms with Crippen LogP contribution in [-0.4, -0.2) is 43.8 Å². The van der Waals surface area contributed by atoms with Crippen molar-refractivity contribution in [2.45, 2.75) is 51.2 Å². The third-order valence-electron chi connectivity index (χ3n) is 5.82. The van der Waals surface area contributed by atoms with Crippen molar-refractivity contribution >= 4 is 50.7 Å². The number of sulfonamides is 1. The Morgan fingerprint density at radius 3 is 2.24 bits per heavy atom. The Hall–Kier alpha value is -3.07. The summed E-state index contributed by atoms with van der Waals surface area (Å²) in [6, 6.07) is 18.7. The molecular weight excluding hydrogens is 545 g/mol. The van der Waals surface area contributed by atoms with E-state index < -0.39 is 28.5 Å². The monoisotopic (exact) mass is 575 g/mol. The zero-order chi connectivity index (χ0) is 28.0. The fourth-order valence-corrected chi connectivity index (χ4v) is 5.79. The Bertz CT molecular complexity index is 1400. The van der Waals surface area contributed by atoms with Crippen LogP contribution in [0.2, 0.25) is 10.0 Å². The van der Waals surface area contributed by atoms with Crippen LogP contribution in [0, 0.1) is 6.92 Å². The van der Waals surface area contributed by atoms with Gasteiger partial charge in [0.1, 0.15) is 12.6 Å². The van der Waals surface area contributed by atoms with Crippen LogP contribution in [0.15, 0.2) is 77.7 Å². The third-order valence-corrected chi connectivity index (χ3v) is 8.15. The highest BCUT2D eigenvalue weighted by Crippen LogP contribution is 2.33. The molecule has 0 heterocycles. The number of rotatable bonds is 10. The molecule has 1 N–H and O–H groups in total. The molecule has 10 heteroatoms. The Morgan fingerprint density at radius 1 is 0.921 bits per heavy atom. The van der Waals surface area contributed by atoms with E-state index in [0.717, 1.165) is 15.4 Å². The molecule has 2 amide bonds. The van der Waals surface area contributed by atoms with Gasteiger partial charge in [0.15, 0.2) is 0 Å². The van der Waals surface area contributed by atoms with Crippen molar-refractivity contribution in [2.75, 3.05) is 10.8 Å². The lowest BCUT2D eigenvalue weighted by Crippen LogP contribution is -2.52. The minimum atomic E-state index is -4.22. The van der Waals surface area contributed by atoms with E-state index in [1.165, 1.54) is 35.2 Å². The van der Waals surface area contributed by atoms with Crippen molar-refractivity contribution in [3.05, 3.63) is 94.0 Å². The van der Waals surface area contributed by atoms with Gasteiger partial charge in [0, 0.05) is 17.6 Å². The molecule has 0 bridgehead atoms. The summed E-state index contributed by atoms with van der Waals surface area (Å²) in [5.41, 5.74) is 1.86. The van der Waals surface area contributed by atoms with Crippen LogP contribution in [0.25, 0.3) is 0 Å². The maximum absolute atomic E-state index is 13.9. The Morgan fingerprint density at radius 2 is 1.61 bits per heavy atom. The van der Waals surface area contributed by atoms with Gasteiger partial charge in [-0.3, -0.25) is 13.9 Å². The van der Waals surface area contributed by atoms with Crippen LogP contribution >= 0.6 is 23.2 Å². The smallest absolute Gasteiger partial charge is 0.264 e. The van der Waals surface area contributed by atoms with Gasteiger partial charge in [-0.15, -0.1) is 0 Å². The molecule has 0 aliphatic rings. The van der Waals surface area contributed by atoms with E-state index in [4.69, 9.17) is 23.2 Å². The number of aryl methyl sites for hydroxylation is 1. The van der Waals surface area contributed by atoms with Gasteiger partial charge >= 0.3 is 0 Å². The van der Waals surface area contributed by atoms with Gasteiger partial charge in [0.2, 0.25) is 11.8 Å². The summed E-state index contributed by atoms with van der Waals surface area (Å²) in [4.78, 5) is 28.2. The number of halogens is 2. The normalized spacial score (nSPS) is 12.2. The van der Waals surface area contributed by atoms with Crippen molar-refractivity contribution in [2.24, 2.45) is 0 Å². The summed E-state index contributed by atoms with van der Waals surface area (Å²) in [6.45, 7) is 6.71. The Labute approximate surface area is 234 Å². The Balaban J connectivity index is 2.07. The fraction of sp³-hybridized carbons (Fsp3) is 0.286. The molecule has 38 heavy (non-hydrogen) atoms. The zero-order valence-corrected chi connectivity index (χ0v) is 24.0. The van der Waals surface area contributed by atoms with Gasteiger partial charge in [-0.25, -0.2) is 8.42 Å². The highest BCUT2D eigenvalue weighted by molar-refractivity contribution is 7.92. The molecule has 0 aliphatic heterocycles. The number of nitrogens with one attached hydrogen (secondary N) is 1. The molecule has 0 radical (unpaired) electrons. The van der Waals surface area contributed by atoms with Gasteiger partial charge in [-0.2, -0.15) is 0 Å². The van der Waals surface area contributed by atoms with E-state index in [1.54, 1.807) is 25.1 Å². The Kier molecular flexibility index (Phi) is 9.82. The van der Waals surface area contributed by atoms with E-state index in [9.17, 15) is 18.0 Å². The summed E-state index contributed by atoms with van der Waals surface area (Å²) in [5.74, 6) is -0.923. The lowest BCUT2D eigenvalue weighted by Gasteiger charge is -2.32. The summed E-state index contributed by atoms with van der Waals surface area (Å²) in [5, 5.41) is 3.19. The van der Waals surface area contributed by atoms with E-state index in [0.29, 0.717) is 0 Å². The van der Waals surface area contributed by atoms with E-state index >= 15 is 0 Å². The molecule has 3 aromatic rings. The maximum atomic E-state index is 13.9. The van der Waals surface area contributed by atoms with Gasteiger partial charge in [0.25, 0.3) is 10.0 Å². The molecule has 1 atom stereocenters. The molecule has 0 saturated heterocycles. The van der Waals surface area contributed by atoms with Gasteiger partial charge in [0.05, 0.1) is 15.6 Å². The average Bonchev–Trinajstić information content (AvgIpc) is 2.87. The second-order valence-electron chi connectivity index (χ2n) is 9.27. The molecule has 0 spiro atoms. The number of anilines is 1. The molecule has 0 aliphatic carbocycles. The van der Waals surface area contributed by atoms with Crippen LogP contribution in [0.3, 0.4) is 0 Å². The van der Waals surface area contributed by atoms with Crippen molar-refractivity contribution in [3.8, 4) is 0 Å². The molecular formula is C28H31Cl2N3O4S. The highest BCUT2D eigenvalue weighted by atomic mass is 35.5. The van der Waals surface area contributed by atoms with E-state index in [1.807, 2.05) is 45.0 Å². The first kappa shape index (κ1) is 29.5. The first-order valence-corrected chi connectivity index (χ1v) is 14.3. The minimum absolute atomic E-state index is 0.0142. The largest absolute Gasteiger partial charge is 0.352 e. The van der Waals surface area contributed by atoms with Crippen LogP contribution in [0.5, 0.6) is 0 Å². The topological polar surface area (TPSA) is 86.8 Å². The SMILES string of the molecule is Cc1cccc(CN(C(=O)CN(c2cc(Cl)ccc2Cl)S(=O)(=O)c2ccccc2)C(C)C(=O)NC(C)C)c1. The lowest BCUT2D eigenvalue weighted by molar-refractivity contribution is -0.139. The minimum Gasteiger partial charge on any atom is -0.352 e. The van der Waals surface area contributed by atoms with Gasteiger partial charge in [-0.1, -0.05) is 71.2 Å². The summed E-state index contributed by atoms with van der Waals surface area (Å²) in [6.07, 6.45) is 0. The quantitative estimate of drug-likeness (QED) is 0.348. The lowest BCUT2D eigenvalue weighted by atomic mass is 10.1. The van der Waals surface area contributed by atoms with Crippen molar-refractivity contribution in [3.63, 3.8) is 0 Å². The third kappa shape index (κ3) is 7.28. The summed E-state index contributed by atoms with van der Waals surface area (Å²) in [7, 11) is -4.22. The first-order chi connectivity index (χ1) is 17.9. The van der Waals surface area contributed by atoms with Crippen molar-refractivity contribution in [1.82, 2.24) is 10.2 Å². The number of hydrogen-bond acceptors (Lipinski definition) is 4. The van der Waals surface area contributed by atoms with Gasteiger partial charge in [-0.05, 0) is 63.6 Å². The van der Waals surface area contributed by atoms with Crippen molar-refractivity contribution in [1.29, 1.82) is 0 Å². The van der Waals surface area contributed by atoms with Crippen molar-refractivity contribution < 1.29 is 18.0 Å². The van der Waals surface area contributed by atoms with E-state index in [-0.39, 0.29) is 39.1 Å². The number of amides is 2. The number of benzene rings is 3. The maximum Gasteiger partial charge on any atom is 0.264 e. The molecule has 0 fully saturated rings. The second kappa shape index (κ2) is 12.7. The molecule has 202 valence electrons. The average molecular weight is 577 g/mol. The highest BCUT2D eigenvalue weighted by Gasteiger charge is 2.33. The number of hydrogen-bond donors (Lipinski definition) is 1. The fourth-order valence-electron chi connectivity index (χ4n) is 3.90. The molecule has 3 rings (SSSR count). The molecule has 3 aromatic carbocycles. The summed E-state index contributed by atoms with van der Waals surface area (Å²) < 4.78 is 28.5. The standard InChI is InChI=1S/C28H31Cl2N3O4S/c1-19(2)31-28(35)21(4)32(17-22-10-8-9-20(3)15-22)27(34)18-33(26-16-23(29)13-14-25(26)30)38(36,37)24-11-6-5-7-12-24/h5-16,19,21H,17-18H2,1-4H3,(H,31,35). The summed E-state index contributed by atoms with van der Waals surface area (Å²) >= 11 is 12.6. The molecule has 7 nitrogen and oxygen atoms in total. The second-order valence-corrected chi connectivity index (χ2v) is 12.0. The number of carbonyl (C=O) groups is 2. The molecule has 1 unspecified atom stereocenters. The van der Waals surface area contributed by atoms with Crippen LogP contribution in [-0.2, 0) is 26.2 Å². The van der Waals surface area contributed by atoms with Crippen LogP contribution in [0.1, 0.15) is 31.9 Å². The molecule has 0 aromatic heterocycles. The number of carbonyl (C=O) groups excluding carboxylic acids is 2. The van der Waals surface area contributed by atoms with Crippen LogP contribution < -0.4 is 9.62 Å². The van der Waals surface area contributed by atoms with E-state index in [2.05, 4.69) is 5.32 Å². The predicted octanol–water partition coefficient (Wildman–Crippen LogP) is 5.44. The molecule has 0 saturated carbocycles. The first-order valence-electron chi connectivity index (χ1n) is 12.1. The van der Waals surface area contributed by atoms with Gasteiger partial charge < -0.3 is 10.2 Å².